The maximum atomic E-state index is 12.6. The third kappa shape index (κ3) is 3.48. The first-order valence-electron chi connectivity index (χ1n) is 9.58. The molecule has 1 aromatic rings. The molecule has 25 heavy (non-hydrogen) atoms. The van der Waals surface area contributed by atoms with E-state index in [1.807, 2.05) is 6.07 Å². The lowest BCUT2D eigenvalue weighted by Crippen LogP contribution is -2.59. The summed E-state index contributed by atoms with van der Waals surface area (Å²) < 4.78 is 23.2. The van der Waals surface area contributed by atoms with Crippen molar-refractivity contribution in [3.8, 4) is 0 Å². The van der Waals surface area contributed by atoms with Gasteiger partial charge >= 0.3 is 0 Å². The minimum Gasteiger partial charge on any atom is -0.352 e. The molecule has 0 bridgehead atoms. The summed E-state index contributed by atoms with van der Waals surface area (Å²) in [5.41, 5.74) is 1.33. The van der Waals surface area contributed by atoms with E-state index in [2.05, 4.69) is 29.6 Å². The number of carbonyl (C=O) groups is 1. The SMILES string of the molecule is O=C(C[C@@H]1CCS(=O)(=O)C1)N[C@H]1[C@@H]2CCCC[C@@H]2[C@@H]1c1ccccc1. The van der Waals surface area contributed by atoms with Gasteiger partial charge in [-0.25, -0.2) is 8.42 Å². The number of hydrogen-bond donors (Lipinski definition) is 1. The Hall–Kier alpha value is -1.36. The molecule has 5 heteroatoms. The molecule has 1 heterocycles. The Labute approximate surface area is 150 Å². The van der Waals surface area contributed by atoms with Crippen LogP contribution in [0.15, 0.2) is 30.3 Å². The zero-order valence-corrected chi connectivity index (χ0v) is 15.4. The van der Waals surface area contributed by atoms with Crippen molar-refractivity contribution < 1.29 is 13.2 Å². The quantitative estimate of drug-likeness (QED) is 0.897. The first-order chi connectivity index (χ1) is 12.0. The van der Waals surface area contributed by atoms with Gasteiger partial charge in [0, 0.05) is 18.4 Å². The van der Waals surface area contributed by atoms with Crippen molar-refractivity contribution >= 4 is 15.7 Å². The average molecular weight is 362 g/mol. The molecule has 5 atom stereocenters. The molecule has 2 aliphatic carbocycles. The lowest BCUT2D eigenvalue weighted by molar-refractivity contribution is -0.125. The van der Waals surface area contributed by atoms with Crippen LogP contribution in [0.5, 0.6) is 0 Å². The van der Waals surface area contributed by atoms with E-state index in [9.17, 15) is 13.2 Å². The van der Waals surface area contributed by atoms with Gasteiger partial charge in [-0.15, -0.1) is 0 Å². The predicted molar refractivity (Wildman–Crippen MR) is 97.9 cm³/mol. The largest absolute Gasteiger partial charge is 0.352 e. The second-order valence-electron chi connectivity index (χ2n) is 8.12. The highest BCUT2D eigenvalue weighted by Crippen LogP contribution is 2.54. The molecule has 3 fully saturated rings. The summed E-state index contributed by atoms with van der Waals surface area (Å²) in [7, 11) is -2.91. The molecule has 1 aromatic carbocycles. The number of carbonyl (C=O) groups excluding carboxylic acids is 1. The summed E-state index contributed by atoms with van der Waals surface area (Å²) in [5, 5.41) is 3.28. The van der Waals surface area contributed by atoms with Gasteiger partial charge in [0.2, 0.25) is 5.91 Å². The van der Waals surface area contributed by atoms with Crippen LogP contribution in [0, 0.1) is 17.8 Å². The third-order valence-electron chi connectivity index (χ3n) is 6.50. The molecule has 0 radical (unpaired) electrons. The molecule has 0 spiro atoms. The maximum absolute atomic E-state index is 12.6. The first-order valence-corrected chi connectivity index (χ1v) is 11.4. The molecule has 0 unspecified atom stereocenters. The second kappa shape index (κ2) is 6.75. The van der Waals surface area contributed by atoms with Gasteiger partial charge in [0.05, 0.1) is 11.5 Å². The molecule has 1 aliphatic heterocycles. The fourth-order valence-electron chi connectivity index (χ4n) is 5.33. The van der Waals surface area contributed by atoms with Gasteiger partial charge in [-0.1, -0.05) is 43.2 Å². The van der Waals surface area contributed by atoms with E-state index in [0.717, 1.165) is 0 Å². The lowest BCUT2D eigenvalue weighted by Gasteiger charge is -2.55. The van der Waals surface area contributed by atoms with Gasteiger partial charge in [0.1, 0.15) is 0 Å². The zero-order chi connectivity index (χ0) is 17.4. The minimum absolute atomic E-state index is 0.00223. The topological polar surface area (TPSA) is 63.2 Å². The van der Waals surface area contributed by atoms with Crippen molar-refractivity contribution in [1.29, 1.82) is 0 Å². The Kier molecular flexibility index (Phi) is 4.61. The Bertz CT molecular complexity index is 731. The van der Waals surface area contributed by atoms with Crippen LogP contribution >= 0.6 is 0 Å². The summed E-state index contributed by atoms with van der Waals surface area (Å²) in [4.78, 5) is 12.6. The summed E-state index contributed by atoms with van der Waals surface area (Å²) in [6.45, 7) is 0. The second-order valence-corrected chi connectivity index (χ2v) is 10.3. The lowest BCUT2D eigenvalue weighted by atomic mass is 9.53. The Balaban J connectivity index is 1.43. The van der Waals surface area contributed by atoms with Crippen LogP contribution in [0.25, 0.3) is 0 Å². The number of nitrogens with one attached hydrogen (secondary N) is 1. The van der Waals surface area contributed by atoms with E-state index in [4.69, 9.17) is 0 Å². The molecule has 0 aromatic heterocycles. The number of benzene rings is 1. The minimum atomic E-state index is -2.91. The van der Waals surface area contributed by atoms with Gasteiger partial charge in [-0.2, -0.15) is 0 Å². The molecular weight excluding hydrogens is 334 g/mol. The van der Waals surface area contributed by atoms with E-state index >= 15 is 0 Å². The molecule has 1 amide bonds. The molecule has 4 nitrogen and oxygen atoms in total. The normalized spacial score (nSPS) is 36.2. The standard InChI is InChI=1S/C20H27NO3S/c22-18(12-14-10-11-25(23,24)13-14)21-20-17-9-5-4-8-16(17)19(20)15-6-2-1-3-7-15/h1-3,6-7,14,16-17,19-20H,4-5,8-13H2,(H,21,22)/t14-,16-,17+,19-,20-/m0/s1. The molecular formula is C20H27NO3S. The Morgan fingerprint density at radius 3 is 2.44 bits per heavy atom. The van der Waals surface area contributed by atoms with Gasteiger partial charge < -0.3 is 5.32 Å². The van der Waals surface area contributed by atoms with Gasteiger partial charge in [-0.3, -0.25) is 4.79 Å². The van der Waals surface area contributed by atoms with E-state index in [-0.39, 0.29) is 29.4 Å². The first kappa shape index (κ1) is 17.1. The van der Waals surface area contributed by atoms with Crippen LogP contribution in [0.4, 0.5) is 0 Å². The monoisotopic (exact) mass is 361 g/mol. The molecule has 3 aliphatic rings. The molecule has 2 saturated carbocycles. The summed E-state index contributed by atoms with van der Waals surface area (Å²) in [5.74, 6) is 2.16. The Morgan fingerprint density at radius 2 is 1.76 bits per heavy atom. The van der Waals surface area contributed by atoms with E-state index < -0.39 is 9.84 Å². The van der Waals surface area contributed by atoms with Crippen LogP contribution in [0.3, 0.4) is 0 Å². The fraction of sp³-hybridized carbons (Fsp3) is 0.650. The number of fused-ring (bicyclic) bond motifs is 1. The number of sulfone groups is 1. The highest BCUT2D eigenvalue weighted by atomic mass is 32.2. The number of amides is 1. The van der Waals surface area contributed by atoms with Gasteiger partial charge in [-0.05, 0) is 42.6 Å². The number of hydrogen-bond acceptors (Lipinski definition) is 3. The molecule has 4 rings (SSSR count). The molecule has 1 saturated heterocycles. The maximum Gasteiger partial charge on any atom is 0.220 e. The smallest absolute Gasteiger partial charge is 0.220 e. The van der Waals surface area contributed by atoms with E-state index in [1.165, 1.54) is 31.2 Å². The van der Waals surface area contributed by atoms with Gasteiger partial charge in [0.15, 0.2) is 9.84 Å². The van der Waals surface area contributed by atoms with Crippen molar-refractivity contribution in [2.75, 3.05) is 11.5 Å². The zero-order valence-electron chi connectivity index (χ0n) is 14.6. The number of rotatable bonds is 4. The van der Waals surface area contributed by atoms with Crippen LogP contribution < -0.4 is 5.32 Å². The van der Waals surface area contributed by atoms with Gasteiger partial charge in [0.25, 0.3) is 0 Å². The van der Waals surface area contributed by atoms with Crippen LogP contribution in [-0.2, 0) is 14.6 Å². The summed E-state index contributed by atoms with van der Waals surface area (Å²) >= 11 is 0. The van der Waals surface area contributed by atoms with Crippen molar-refractivity contribution in [3.63, 3.8) is 0 Å². The van der Waals surface area contributed by atoms with Crippen molar-refractivity contribution in [2.24, 2.45) is 17.8 Å². The van der Waals surface area contributed by atoms with Crippen LogP contribution in [-0.4, -0.2) is 31.9 Å². The Morgan fingerprint density at radius 1 is 1.04 bits per heavy atom. The molecule has 1 N–H and O–H groups in total. The highest BCUT2D eigenvalue weighted by molar-refractivity contribution is 7.91. The summed E-state index contributed by atoms with van der Waals surface area (Å²) in [6.07, 6.45) is 6.01. The predicted octanol–water partition coefficient (Wildman–Crippen LogP) is 2.90. The summed E-state index contributed by atoms with van der Waals surface area (Å²) in [6, 6.07) is 10.8. The highest BCUT2D eigenvalue weighted by Gasteiger charge is 2.51. The van der Waals surface area contributed by atoms with Crippen molar-refractivity contribution in [1.82, 2.24) is 5.32 Å². The van der Waals surface area contributed by atoms with Crippen molar-refractivity contribution in [2.45, 2.75) is 50.5 Å². The fourth-order valence-corrected chi connectivity index (χ4v) is 7.20. The van der Waals surface area contributed by atoms with Crippen molar-refractivity contribution in [3.05, 3.63) is 35.9 Å². The van der Waals surface area contributed by atoms with E-state index in [0.29, 0.717) is 30.6 Å². The third-order valence-corrected chi connectivity index (χ3v) is 8.33. The molecule has 136 valence electrons. The van der Waals surface area contributed by atoms with E-state index in [1.54, 1.807) is 0 Å². The van der Waals surface area contributed by atoms with Crippen LogP contribution in [0.2, 0.25) is 0 Å². The average Bonchev–Trinajstić information content (AvgIpc) is 2.92. The van der Waals surface area contributed by atoms with Crippen LogP contribution in [0.1, 0.15) is 50.0 Å².